The van der Waals surface area contributed by atoms with Crippen LogP contribution in [0.2, 0.25) is 0 Å². The summed E-state index contributed by atoms with van der Waals surface area (Å²) < 4.78 is 7.95. The van der Waals surface area contributed by atoms with Gasteiger partial charge in [0.05, 0.1) is 46.0 Å². The fourth-order valence-corrected chi connectivity index (χ4v) is 1.72. The number of nitrogens with zero attached hydrogens (tertiary/aromatic N) is 4. The van der Waals surface area contributed by atoms with Crippen molar-refractivity contribution in [3.8, 4) is 0 Å². The van der Waals surface area contributed by atoms with Gasteiger partial charge in [0.25, 0.3) is 0 Å². The molecule has 0 aliphatic carbocycles. The number of hydrogen-bond donors (Lipinski definition) is 1. The van der Waals surface area contributed by atoms with Gasteiger partial charge in [0.2, 0.25) is 0 Å². The zero-order valence-electron chi connectivity index (χ0n) is 15.1. The Kier molecular flexibility index (Phi) is 5.22. The van der Waals surface area contributed by atoms with Crippen molar-refractivity contribution >= 4 is 6.09 Å². The lowest BCUT2D eigenvalue weighted by Crippen LogP contribution is -2.44. The van der Waals surface area contributed by atoms with E-state index in [2.05, 4.69) is 36.8 Å². The van der Waals surface area contributed by atoms with Crippen LogP contribution in [0, 0.1) is 0 Å². The summed E-state index contributed by atoms with van der Waals surface area (Å²) in [4.78, 5) is 11.9. The SMILES string of the molecule is CC(C)(C)OC(=O)NC(C)(C)c1cn(CC[N+](C)(C)C)nn1. The molecule has 1 rings (SSSR count). The highest BCUT2D eigenvalue weighted by Crippen LogP contribution is 2.18. The van der Waals surface area contributed by atoms with Crippen LogP contribution in [0.1, 0.15) is 40.3 Å². The van der Waals surface area contributed by atoms with E-state index in [9.17, 15) is 4.79 Å². The van der Waals surface area contributed by atoms with Crippen LogP contribution >= 0.6 is 0 Å². The van der Waals surface area contributed by atoms with E-state index in [0.29, 0.717) is 5.69 Å². The van der Waals surface area contributed by atoms with Gasteiger partial charge in [-0.05, 0) is 34.6 Å². The minimum Gasteiger partial charge on any atom is -0.444 e. The Morgan fingerprint density at radius 1 is 1.27 bits per heavy atom. The van der Waals surface area contributed by atoms with Crippen LogP contribution in [0.5, 0.6) is 0 Å². The fourth-order valence-electron chi connectivity index (χ4n) is 1.72. The molecular weight excluding hydrogens is 282 g/mol. The maximum Gasteiger partial charge on any atom is 0.408 e. The molecular formula is C15H30N5O2+. The van der Waals surface area contributed by atoms with Crippen molar-refractivity contribution < 1.29 is 14.0 Å². The average Bonchev–Trinajstić information content (AvgIpc) is 2.70. The maximum absolute atomic E-state index is 11.9. The Bertz CT molecular complexity index is 509. The van der Waals surface area contributed by atoms with Crippen molar-refractivity contribution in [1.29, 1.82) is 0 Å². The molecule has 22 heavy (non-hydrogen) atoms. The highest BCUT2D eigenvalue weighted by Gasteiger charge is 2.29. The monoisotopic (exact) mass is 312 g/mol. The van der Waals surface area contributed by atoms with E-state index in [1.54, 1.807) is 4.68 Å². The molecule has 0 saturated heterocycles. The third-order valence-electron chi connectivity index (χ3n) is 2.99. The normalized spacial score (nSPS) is 13.1. The molecule has 0 spiro atoms. The summed E-state index contributed by atoms with van der Waals surface area (Å²) in [5.41, 5.74) is -0.459. The molecule has 7 nitrogen and oxygen atoms in total. The average molecular weight is 312 g/mol. The topological polar surface area (TPSA) is 69.0 Å². The first kappa shape index (κ1) is 18.4. The van der Waals surface area contributed by atoms with Gasteiger partial charge in [-0.25, -0.2) is 9.48 Å². The second kappa shape index (κ2) is 6.24. The Hall–Kier alpha value is -1.63. The molecule has 0 saturated carbocycles. The molecule has 0 aliphatic rings. The van der Waals surface area contributed by atoms with Crippen molar-refractivity contribution in [3.63, 3.8) is 0 Å². The first-order valence-electron chi connectivity index (χ1n) is 7.51. The molecule has 1 heterocycles. The second-order valence-electron chi connectivity index (χ2n) is 8.13. The van der Waals surface area contributed by atoms with E-state index in [-0.39, 0.29) is 0 Å². The predicted molar refractivity (Wildman–Crippen MR) is 85.3 cm³/mol. The molecule has 1 amide bonds. The summed E-state index contributed by atoms with van der Waals surface area (Å²) in [5, 5.41) is 11.1. The van der Waals surface area contributed by atoms with Crippen LogP contribution in [-0.4, -0.2) is 58.9 Å². The minimum absolute atomic E-state index is 0.460. The zero-order valence-corrected chi connectivity index (χ0v) is 15.1. The van der Waals surface area contributed by atoms with Gasteiger partial charge < -0.3 is 14.5 Å². The molecule has 7 heteroatoms. The van der Waals surface area contributed by atoms with E-state index in [1.807, 2.05) is 40.8 Å². The van der Waals surface area contributed by atoms with Gasteiger partial charge in [0.1, 0.15) is 11.3 Å². The van der Waals surface area contributed by atoms with Gasteiger partial charge in [-0.2, -0.15) is 0 Å². The smallest absolute Gasteiger partial charge is 0.408 e. The quantitative estimate of drug-likeness (QED) is 0.841. The lowest BCUT2D eigenvalue weighted by atomic mass is 10.0. The standard InChI is InChI=1S/C15H29N5O2/c1-14(2,3)22-13(21)16-15(4,5)12-11-19(18-17-12)9-10-20(6,7)8/h11H,9-10H2,1-8H3/p+1. The van der Waals surface area contributed by atoms with E-state index in [4.69, 9.17) is 4.74 Å². The summed E-state index contributed by atoms with van der Waals surface area (Å²) >= 11 is 0. The molecule has 0 radical (unpaired) electrons. The lowest BCUT2D eigenvalue weighted by molar-refractivity contribution is -0.871. The third kappa shape index (κ3) is 6.43. The molecule has 0 aromatic carbocycles. The fraction of sp³-hybridized carbons (Fsp3) is 0.800. The number of nitrogens with one attached hydrogen (secondary N) is 1. The molecule has 126 valence electrons. The number of likely N-dealkylation sites (N-methyl/N-ethyl adjacent to an activating group) is 1. The van der Waals surface area contributed by atoms with Crippen LogP contribution in [0.25, 0.3) is 0 Å². The highest BCUT2D eigenvalue weighted by molar-refractivity contribution is 5.68. The van der Waals surface area contributed by atoms with Crippen LogP contribution in [0.15, 0.2) is 6.20 Å². The van der Waals surface area contributed by atoms with Crippen LogP contribution in [0.4, 0.5) is 4.79 Å². The number of hydrogen-bond acceptors (Lipinski definition) is 4. The zero-order chi connectivity index (χ0) is 17.2. The summed E-state index contributed by atoms with van der Waals surface area (Å²) in [6.45, 7) is 11.0. The van der Waals surface area contributed by atoms with Crippen molar-refractivity contribution in [3.05, 3.63) is 11.9 Å². The van der Waals surface area contributed by atoms with Gasteiger partial charge in [0, 0.05) is 0 Å². The first-order valence-corrected chi connectivity index (χ1v) is 7.51. The summed E-state index contributed by atoms with van der Waals surface area (Å²) in [6.07, 6.45) is 1.41. The molecule has 0 bridgehead atoms. The number of carbonyl (C=O) groups excluding carboxylic acids is 1. The number of rotatable bonds is 5. The molecule has 0 fully saturated rings. The van der Waals surface area contributed by atoms with Gasteiger partial charge in [-0.15, -0.1) is 5.10 Å². The van der Waals surface area contributed by atoms with Crippen molar-refractivity contribution in [2.75, 3.05) is 27.7 Å². The van der Waals surface area contributed by atoms with Crippen LogP contribution < -0.4 is 5.32 Å². The Morgan fingerprint density at radius 2 is 1.86 bits per heavy atom. The van der Waals surface area contributed by atoms with Crippen LogP contribution in [-0.2, 0) is 16.8 Å². The van der Waals surface area contributed by atoms with E-state index in [1.165, 1.54) is 0 Å². The predicted octanol–water partition coefficient (Wildman–Crippen LogP) is 1.74. The third-order valence-corrected chi connectivity index (χ3v) is 2.99. The molecule has 0 aliphatic heterocycles. The summed E-state index contributed by atoms with van der Waals surface area (Å²) in [6, 6.07) is 0. The van der Waals surface area contributed by atoms with Gasteiger partial charge in [0.15, 0.2) is 0 Å². The number of carbonyl (C=O) groups is 1. The number of quaternary nitrogens is 1. The molecule has 1 aromatic heterocycles. The van der Waals surface area contributed by atoms with Gasteiger partial charge in [-0.1, -0.05) is 5.21 Å². The number of amides is 1. The van der Waals surface area contributed by atoms with E-state index < -0.39 is 17.2 Å². The van der Waals surface area contributed by atoms with Crippen molar-refractivity contribution in [1.82, 2.24) is 20.3 Å². The van der Waals surface area contributed by atoms with Crippen LogP contribution in [0.3, 0.4) is 0 Å². The number of alkyl carbamates (subject to hydrolysis) is 1. The Morgan fingerprint density at radius 3 is 2.36 bits per heavy atom. The minimum atomic E-state index is -0.642. The lowest BCUT2D eigenvalue weighted by Gasteiger charge is -2.27. The summed E-state index contributed by atoms with van der Waals surface area (Å²) in [7, 11) is 6.39. The highest BCUT2D eigenvalue weighted by atomic mass is 16.6. The molecule has 1 N–H and O–H groups in total. The van der Waals surface area contributed by atoms with Gasteiger partial charge in [-0.3, -0.25) is 0 Å². The number of ether oxygens (including phenoxy) is 1. The van der Waals surface area contributed by atoms with E-state index >= 15 is 0 Å². The molecule has 0 unspecified atom stereocenters. The van der Waals surface area contributed by atoms with Crippen molar-refractivity contribution in [2.24, 2.45) is 0 Å². The molecule has 1 aromatic rings. The largest absolute Gasteiger partial charge is 0.444 e. The number of aromatic nitrogens is 3. The Labute approximate surface area is 133 Å². The van der Waals surface area contributed by atoms with Crippen molar-refractivity contribution in [2.45, 2.75) is 52.3 Å². The maximum atomic E-state index is 11.9. The first-order chi connectivity index (χ1) is 9.78. The van der Waals surface area contributed by atoms with Gasteiger partial charge >= 0.3 is 6.09 Å². The Balaban J connectivity index is 2.69. The van der Waals surface area contributed by atoms with E-state index in [0.717, 1.165) is 17.6 Å². The summed E-state index contributed by atoms with van der Waals surface area (Å²) in [5.74, 6) is 0. The molecule has 0 atom stereocenters. The second-order valence-corrected chi connectivity index (χ2v) is 8.13.